The Morgan fingerprint density at radius 3 is 2.84 bits per heavy atom. The van der Waals surface area contributed by atoms with Crippen molar-refractivity contribution in [3.05, 3.63) is 23.8 Å². The molecule has 2 N–H and O–H groups in total. The molecule has 0 bridgehead atoms. The Kier molecular flexibility index (Phi) is 4.27. The fourth-order valence-corrected chi connectivity index (χ4v) is 1.94. The zero-order valence-corrected chi connectivity index (χ0v) is 11.2. The summed E-state index contributed by atoms with van der Waals surface area (Å²) in [6.07, 6.45) is 0.895. The molecule has 1 aromatic rings. The number of ether oxygens (including phenoxy) is 2. The number of carbonyl (C=O) groups excluding carboxylic acids is 1. The Morgan fingerprint density at radius 1 is 1.42 bits per heavy atom. The lowest BCUT2D eigenvalue weighted by Crippen LogP contribution is -2.41. The van der Waals surface area contributed by atoms with Crippen molar-refractivity contribution in [1.82, 2.24) is 5.32 Å². The van der Waals surface area contributed by atoms with Crippen LogP contribution in [0.1, 0.15) is 30.6 Å². The lowest BCUT2D eigenvalue weighted by Gasteiger charge is -2.22. The van der Waals surface area contributed by atoms with E-state index in [9.17, 15) is 9.90 Å². The fourth-order valence-electron chi connectivity index (χ4n) is 1.94. The molecule has 0 spiro atoms. The molecule has 0 unspecified atom stereocenters. The minimum absolute atomic E-state index is 0.0642. The molecule has 0 saturated carbocycles. The van der Waals surface area contributed by atoms with Gasteiger partial charge in [-0.15, -0.1) is 0 Å². The van der Waals surface area contributed by atoms with Gasteiger partial charge in [-0.1, -0.05) is 20.3 Å². The Balaban J connectivity index is 2.07. The van der Waals surface area contributed by atoms with Crippen molar-refractivity contribution in [2.24, 2.45) is 5.92 Å². The SMILES string of the molecule is CC[C@H](C)[C@@H](CO)NC(=O)c1ccc2c(c1)OCO2. The first-order valence-corrected chi connectivity index (χ1v) is 6.47. The predicted octanol–water partition coefficient (Wildman–Crippen LogP) is 1.55. The van der Waals surface area contributed by atoms with Crippen LogP contribution >= 0.6 is 0 Å². The number of nitrogens with one attached hydrogen (secondary N) is 1. The largest absolute Gasteiger partial charge is 0.454 e. The fraction of sp³-hybridized carbons (Fsp3) is 0.500. The van der Waals surface area contributed by atoms with Crippen LogP contribution in [-0.2, 0) is 0 Å². The summed E-state index contributed by atoms with van der Waals surface area (Å²) < 4.78 is 10.4. The van der Waals surface area contributed by atoms with Crippen molar-refractivity contribution in [1.29, 1.82) is 0 Å². The Bertz CT molecular complexity index is 461. The van der Waals surface area contributed by atoms with Crippen LogP contribution in [0.15, 0.2) is 18.2 Å². The predicted molar refractivity (Wildman–Crippen MR) is 70.4 cm³/mol. The maximum atomic E-state index is 12.1. The van der Waals surface area contributed by atoms with Crippen LogP contribution < -0.4 is 14.8 Å². The minimum atomic E-state index is -0.233. The summed E-state index contributed by atoms with van der Waals surface area (Å²) in [6.45, 7) is 4.15. The molecule has 0 saturated heterocycles. The van der Waals surface area contributed by atoms with Crippen molar-refractivity contribution in [3.63, 3.8) is 0 Å². The van der Waals surface area contributed by atoms with Gasteiger partial charge in [0.1, 0.15) is 0 Å². The molecule has 1 aliphatic rings. The van der Waals surface area contributed by atoms with E-state index in [2.05, 4.69) is 5.32 Å². The number of amides is 1. The van der Waals surface area contributed by atoms with Crippen LogP contribution in [0.5, 0.6) is 11.5 Å². The zero-order valence-electron chi connectivity index (χ0n) is 11.2. The highest BCUT2D eigenvalue weighted by atomic mass is 16.7. The number of rotatable bonds is 5. The quantitative estimate of drug-likeness (QED) is 0.847. The normalized spacial score (nSPS) is 15.9. The zero-order chi connectivity index (χ0) is 13.8. The van der Waals surface area contributed by atoms with E-state index in [1.807, 2.05) is 13.8 Å². The number of hydrogen-bond donors (Lipinski definition) is 2. The van der Waals surface area contributed by atoms with Gasteiger partial charge < -0.3 is 19.9 Å². The van der Waals surface area contributed by atoms with E-state index in [1.165, 1.54) is 0 Å². The van der Waals surface area contributed by atoms with Crippen molar-refractivity contribution in [2.45, 2.75) is 26.3 Å². The van der Waals surface area contributed by atoms with Gasteiger partial charge in [-0.3, -0.25) is 4.79 Å². The van der Waals surface area contributed by atoms with Crippen molar-refractivity contribution < 1.29 is 19.4 Å². The molecule has 0 aliphatic carbocycles. The number of carbonyl (C=O) groups is 1. The van der Waals surface area contributed by atoms with Crippen molar-refractivity contribution >= 4 is 5.91 Å². The van der Waals surface area contributed by atoms with Crippen LogP contribution in [0.25, 0.3) is 0 Å². The Hall–Kier alpha value is -1.75. The molecule has 1 aliphatic heterocycles. The van der Waals surface area contributed by atoms with Gasteiger partial charge in [-0.2, -0.15) is 0 Å². The molecule has 1 heterocycles. The van der Waals surface area contributed by atoms with Gasteiger partial charge >= 0.3 is 0 Å². The number of aliphatic hydroxyl groups excluding tert-OH is 1. The molecule has 104 valence electrons. The molecule has 1 aromatic carbocycles. The number of fused-ring (bicyclic) bond motifs is 1. The smallest absolute Gasteiger partial charge is 0.251 e. The van der Waals surface area contributed by atoms with Crippen LogP contribution in [0.3, 0.4) is 0 Å². The molecule has 5 heteroatoms. The maximum absolute atomic E-state index is 12.1. The van der Waals surface area contributed by atoms with E-state index < -0.39 is 0 Å². The molecule has 0 fully saturated rings. The first kappa shape index (κ1) is 13.7. The van der Waals surface area contributed by atoms with Crippen molar-refractivity contribution in [2.75, 3.05) is 13.4 Å². The summed E-state index contributed by atoms with van der Waals surface area (Å²) in [7, 11) is 0. The minimum Gasteiger partial charge on any atom is -0.454 e. The third-order valence-corrected chi connectivity index (χ3v) is 3.48. The summed E-state index contributed by atoms with van der Waals surface area (Å²) in [6, 6.07) is 4.83. The van der Waals surface area contributed by atoms with Crippen LogP contribution in [-0.4, -0.2) is 30.5 Å². The molecular formula is C14H19NO4. The molecular weight excluding hydrogens is 246 g/mol. The number of aliphatic hydroxyl groups is 1. The lowest BCUT2D eigenvalue weighted by atomic mass is 9.99. The first-order chi connectivity index (χ1) is 9.15. The van der Waals surface area contributed by atoms with E-state index in [4.69, 9.17) is 9.47 Å². The second kappa shape index (κ2) is 5.93. The van der Waals surface area contributed by atoms with E-state index in [-0.39, 0.29) is 31.3 Å². The third kappa shape index (κ3) is 2.98. The summed E-state index contributed by atoms with van der Waals surface area (Å²) in [5.41, 5.74) is 0.506. The average Bonchev–Trinajstić information content (AvgIpc) is 2.90. The maximum Gasteiger partial charge on any atom is 0.251 e. The number of benzene rings is 1. The highest BCUT2D eigenvalue weighted by molar-refractivity contribution is 5.95. The summed E-state index contributed by atoms with van der Waals surface area (Å²) >= 11 is 0. The van der Waals surface area contributed by atoms with E-state index in [1.54, 1.807) is 18.2 Å². The standard InChI is InChI=1S/C14H19NO4/c1-3-9(2)11(7-16)15-14(17)10-4-5-12-13(6-10)19-8-18-12/h4-6,9,11,16H,3,7-8H2,1-2H3,(H,15,17)/t9-,11+/m0/s1. The third-order valence-electron chi connectivity index (χ3n) is 3.48. The van der Waals surface area contributed by atoms with Crippen molar-refractivity contribution in [3.8, 4) is 11.5 Å². The van der Waals surface area contributed by atoms with Gasteiger partial charge in [0.2, 0.25) is 6.79 Å². The van der Waals surface area contributed by atoms with Gasteiger partial charge in [-0.25, -0.2) is 0 Å². The van der Waals surface area contributed by atoms with Gasteiger partial charge in [0, 0.05) is 5.56 Å². The Morgan fingerprint density at radius 2 is 2.16 bits per heavy atom. The average molecular weight is 265 g/mol. The van der Waals surface area contributed by atoms with Gasteiger partial charge in [0.05, 0.1) is 12.6 Å². The highest BCUT2D eigenvalue weighted by Gasteiger charge is 2.20. The number of hydrogen-bond acceptors (Lipinski definition) is 4. The summed E-state index contributed by atoms with van der Waals surface area (Å²) in [5.74, 6) is 1.24. The van der Waals surface area contributed by atoms with Gasteiger partial charge in [0.25, 0.3) is 5.91 Å². The topological polar surface area (TPSA) is 67.8 Å². The second-order valence-electron chi connectivity index (χ2n) is 4.72. The molecule has 0 aromatic heterocycles. The van der Waals surface area contributed by atoms with Crippen LogP contribution in [0.2, 0.25) is 0 Å². The first-order valence-electron chi connectivity index (χ1n) is 6.47. The molecule has 2 atom stereocenters. The molecule has 2 rings (SSSR count). The highest BCUT2D eigenvalue weighted by Crippen LogP contribution is 2.32. The molecule has 5 nitrogen and oxygen atoms in total. The molecule has 1 amide bonds. The van der Waals surface area contributed by atoms with E-state index >= 15 is 0 Å². The second-order valence-corrected chi connectivity index (χ2v) is 4.72. The molecule has 19 heavy (non-hydrogen) atoms. The summed E-state index contributed by atoms with van der Waals surface area (Å²) in [5, 5.41) is 12.2. The van der Waals surface area contributed by atoms with Crippen LogP contribution in [0, 0.1) is 5.92 Å². The summed E-state index contributed by atoms with van der Waals surface area (Å²) in [4.78, 5) is 12.1. The monoisotopic (exact) mass is 265 g/mol. The van der Waals surface area contributed by atoms with E-state index in [0.29, 0.717) is 17.1 Å². The van der Waals surface area contributed by atoms with E-state index in [0.717, 1.165) is 6.42 Å². The van der Waals surface area contributed by atoms with Crippen LogP contribution in [0.4, 0.5) is 0 Å². The Labute approximate surface area is 112 Å². The van der Waals surface area contributed by atoms with Gasteiger partial charge in [-0.05, 0) is 24.1 Å². The van der Waals surface area contributed by atoms with Gasteiger partial charge in [0.15, 0.2) is 11.5 Å². The molecule has 0 radical (unpaired) electrons. The lowest BCUT2D eigenvalue weighted by molar-refractivity contribution is 0.0891.